The molecule has 0 unspecified atom stereocenters. The van der Waals surface area contributed by atoms with Crippen molar-refractivity contribution >= 4 is 5.78 Å². The van der Waals surface area contributed by atoms with Crippen molar-refractivity contribution in [1.29, 1.82) is 0 Å². The molecule has 0 saturated heterocycles. The van der Waals surface area contributed by atoms with E-state index in [0.717, 1.165) is 6.07 Å². The Balaban J connectivity index is 3.35. The van der Waals surface area contributed by atoms with Gasteiger partial charge in [0.1, 0.15) is 5.75 Å². The van der Waals surface area contributed by atoms with E-state index in [2.05, 4.69) is 0 Å². The third kappa shape index (κ3) is 1.89. The molecule has 0 saturated carbocycles. The van der Waals surface area contributed by atoms with Crippen LogP contribution in [0.15, 0.2) is 12.1 Å². The highest BCUT2D eigenvalue weighted by molar-refractivity contribution is 5.94. The number of phenolic OH excluding ortho intramolecular Hbond substituents is 1. The van der Waals surface area contributed by atoms with Crippen LogP contribution in [0.25, 0.3) is 0 Å². The summed E-state index contributed by atoms with van der Waals surface area (Å²) in [5.74, 6) is -0.736. The number of phenols is 1. The number of carbonyl (C=O) groups is 1. The summed E-state index contributed by atoms with van der Waals surface area (Å²) < 4.78 is 24.8. The summed E-state index contributed by atoms with van der Waals surface area (Å²) >= 11 is 0. The number of aromatic hydroxyl groups is 1. The second-order valence-corrected chi connectivity index (χ2v) is 3.09. The first-order valence-corrected chi connectivity index (χ1v) is 4.06. The van der Waals surface area contributed by atoms with E-state index in [4.69, 9.17) is 0 Å². The van der Waals surface area contributed by atoms with E-state index in [0.29, 0.717) is 0 Å². The maximum absolute atomic E-state index is 12.4. The van der Waals surface area contributed by atoms with Crippen LogP contribution in [0, 0.1) is 6.92 Å². The van der Waals surface area contributed by atoms with Crippen molar-refractivity contribution in [2.75, 3.05) is 0 Å². The van der Waals surface area contributed by atoms with Gasteiger partial charge >= 0.3 is 0 Å². The van der Waals surface area contributed by atoms with Gasteiger partial charge in [0.15, 0.2) is 5.78 Å². The SMILES string of the molecule is CC(=O)c1cc(C)c(O)c(C(F)F)c1. The lowest BCUT2D eigenvalue weighted by molar-refractivity contribution is 0.101. The molecule has 0 radical (unpaired) electrons. The molecular formula is C10H10F2O2. The molecule has 14 heavy (non-hydrogen) atoms. The smallest absolute Gasteiger partial charge is 0.267 e. The molecule has 0 heterocycles. The van der Waals surface area contributed by atoms with E-state index < -0.39 is 17.7 Å². The number of carbonyl (C=O) groups excluding carboxylic acids is 1. The lowest BCUT2D eigenvalue weighted by Gasteiger charge is -2.08. The first kappa shape index (κ1) is 10.6. The van der Waals surface area contributed by atoms with E-state index >= 15 is 0 Å². The van der Waals surface area contributed by atoms with Crippen molar-refractivity contribution in [3.63, 3.8) is 0 Å². The van der Waals surface area contributed by atoms with Gasteiger partial charge in [0.25, 0.3) is 6.43 Å². The Morgan fingerprint density at radius 1 is 1.43 bits per heavy atom. The number of Topliss-reactive ketones (excluding diaryl/α,β-unsaturated/α-hetero) is 1. The zero-order chi connectivity index (χ0) is 10.9. The van der Waals surface area contributed by atoms with Gasteiger partial charge in [-0.15, -0.1) is 0 Å². The number of halogens is 2. The van der Waals surface area contributed by atoms with Gasteiger partial charge in [0.2, 0.25) is 0 Å². The molecule has 1 N–H and O–H groups in total. The molecular weight excluding hydrogens is 190 g/mol. The molecule has 0 aromatic heterocycles. The molecule has 0 fully saturated rings. The monoisotopic (exact) mass is 200 g/mol. The summed E-state index contributed by atoms with van der Waals surface area (Å²) in [5, 5.41) is 9.28. The number of benzene rings is 1. The van der Waals surface area contributed by atoms with Crippen LogP contribution < -0.4 is 0 Å². The summed E-state index contributed by atoms with van der Waals surface area (Å²) in [5.41, 5.74) is -0.0150. The van der Waals surface area contributed by atoms with Gasteiger partial charge < -0.3 is 5.11 Å². The minimum absolute atomic E-state index is 0.190. The molecule has 4 heteroatoms. The summed E-state index contributed by atoms with van der Waals surface area (Å²) in [6.45, 7) is 2.77. The van der Waals surface area contributed by atoms with Crippen LogP contribution in [0.1, 0.15) is 34.8 Å². The minimum atomic E-state index is -2.77. The van der Waals surface area contributed by atoms with Crippen LogP contribution in [0.4, 0.5) is 8.78 Å². The summed E-state index contributed by atoms with van der Waals surface area (Å²) in [6.07, 6.45) is -2.77. The van der Waals surface area contributed by atoms with E-state index in [-0.39, 0.29) is 16.9 Å². The molecule has 0 spiro atoms. The zero-order valence-corrected chi connectivity index (χ0v) is 7.84. The summed E-state index contributed by atoms with van der Waals surface area (Å²) in [6, 6.07) is 2.42. The van der Waals surface area contributed by atoms with Crippen molar-refractivity contribution in [2.45, 2.75) is 20.3 Å². The fraction of sp³-hybridized carbons (Fsp3) is 0.300. The molecule has 2 nitrogen and oxygen atoms in total. The lowest BCUT2D eigenvalue weighted by Crippen LogP contribution is -1.97. The quantitative estimate of drug-likeness (QED) is 0.745. The van der Waals surface area contributed by atoms with Gasteiger partial charge in [-0.05, 0) is 31.5 Å². The first-order chi connectivity index (χ1) is 6.43. The Labute approximate surface area is 80.2 Å². The van der Waals surface area contributed by atoms with Crippen molar-refractivity contribution in [2.24, 2.45) is 0 Å². The molecule has 1 rings (SSSR count). The van der Waals surface area contributed by atoms with E-state index in [9.17, 15) is 18.7 Å². The van der Waals surface area contributed by atoms with Crippen LogP contribution in [0.3, 0.4) is 0 Å². The third-order valence-corrected chi connectivity index (χ3v) is 1.97. The Kier molecular flexibility index (Phi) is 2.84. The van der Waals surface area contributed by atoms with Gasteiger partial charge in [0.05, 0.1) is 5.56 Å². The third-order valence-electron chi connectivity index (χ3n) is 1.97. The van der Waals surface area contributed by atoms with E-state index in [1.165, 1.54) is 19.9 Å². The molecule has 0 aliphatic rings. The average molecular weight is 200 g/mol. The van der Waals surface area contributed by atoms with Crippen LogP contribution in [-0.2, 0) is 0 Å². The van der Waals surface area contributed by atoms with Gasteiger partial charge in [-0.2, -0.15) is 0 Å². The molecule has 0 bridgehead atoms. The number of ketones is 1. The predicted octanol–water partition coefficient (Wildman–Crippen LogP) is 2.84. The van der Waals surface area contributed by atoms with Crippen LogP contribution in [0.5, 0.6) is 5.75 Å². The van der Waals surface area contributed by atoms with Crippen molar-refractivity contribution in [3.8, 4) is 5.75 Å². The molecule has 0 aliphatic carbocycles. The number of rotatable bonds is 2. The largest absolute Gasteiger partial charge is 0.507 e. The van der Waals surface area contributed by atoms with Gasteiger partial charge in [0, 0.05) is 5.56 Å². The Morgan fingerprint density at radius 3 is 2.43 bits per heavy atom. The molecule has 76 valence electrons. The second-order valence-electron chi connectivity index (χ2n) is 3.09. The number of hydrogen-bond acceptors (Lipinski definition) is 2. The van der Waals surface area contributed by atoms with Crippen LogP contribution in [-0.4, -0.2) is 10.9 Å². The van der Waals surface area contributed by atoms with Crippen LogP contribution in [0.2, 0.25) is 0 Å². The Bertz CT molecular complexity index is 373. The maximum atomic E-state index is 12.4. The number of hydrogen-bond donors (Lipinski definition) is 1. The van der Waals surface area contributed by atoms with Crippen molar-refractivity contribution in [1.82, 2.24) is 0 Å². The summed E-state index contributed by atoms with van der Waals surface area (Å²) in [7, 11) is 0. The highest BCUT2D eigenvalue weighted by Gasteiger charge is 2.16. The first-order valence-electron chi connectivity index (χ1n) is 4.06. The predicted molar refractivity (Wildman–Crippen MR) is 47.8 cm³/mol. The van der Waals surface area contributed by atoms with Gasteiger partial charge in [-0.1, -0.05) is 0 Å². The van der Waals surface area contributed by atoms with Gasteiger partial charge in [-0.3, -0.25) is 4.79 Å². The van der Waals surface area contributed by atoms with Gasteiger partial charge in [-0.25, -0.2) is 8.78 Å². The zero-order valence-electron chi connectivity index (χ0n) is 7.84. The highest BCUT2D eigenvalue weighted by Crippen LogP contribution is 2.32. The normalized spacial score (nSPS) is 10.6. The molecule has 0 atom stereocenters. The fourth-order valence-electron chi connectivity index (χ4n) is 1.18. The Hall–Kier alpha value is -1.45. The average Bonchev–Trinajstić information content (AvgIpc) is 2.08. The maximum Gasteiger partial charge on any atom is 0.267 e. The van der Waals surface area contributed by atoms with Crippen molar-refractivity contribution < 1.29 is 18.7 Å². The lowest BCUT2D eigenvalue weighted by atomic mass is 10.0. The molecule has 1 aromatic carbocycles. The fourth-order valence-corrected chi connectivity index (χ4v) is 1.18. The number of aryl methyl sites for hydroxylation is 1. The molecule has 1 aromatic rings. The summed E-state index contributed by atoms with van der Waals surface area (Å²) in [4.78, 5) is 11.0. The topological polar surface area (TPSA) is 37.3 Å². The van der Waals surface area contributed by atoms with Crippen molar-refractivity contribution in [3.05, 3.63) is 28.8 Å². The molecule has 0 aliphatic heterocycles. The second kappa shape index (κ2) is 3.74. The Morgan fingerprint density at radius 2 is 2.00 bits per heavy atom. The highest BCUT2D eigenvalue weighted by atomic mass is 19.3. The van der Waals surface area contributed by atoms with E-state index in [1.807, 2.05) is 0 Å². The minimum Gasteiger partial charge on any atom is -0.507 e. The number of alkyl halides is 2. The molecule has 0 amide bonds. The van der Waals surface area contributed by atoms with E-state index in [1.54, 1.807) is 0 Å². The van der Waals surface area contributed by atoms with Crippen LogP contribution >= 0.6 is 0 Å². The standard InChI is InChI=1S/C10H10F2O2/c1-5-3-7(6(2)13)4-8(9(5)14)10(11)12/h3-4,10,14H,1-2H3.